The molecule has 0 aliphatic carbocycles. The van der Waals surface area contributed by atoms with Gasteiger partial charge in [0.2, 0.25) is 5.89 Å². The van der Waals surface area contributed by atoms with Crippen LogP contribution in [0.5, 0.6) is 0 Å². The zero-order chi connectivity index (χ0) is 12.8. The Morgan fingerprint density at radius 1 is 1.44 bits per heavy atom. The van der Waals surface area contributed by atoms with Crippen molar-refractivity contribution < 1.29 is 4.42 Å². The number of rotatable bonds is 6. The normalized spacial score (nSPS) is 20.3. The van der Waals surface area contributed by atoms with Crippen LogP contribution in [0.2, 0.25) is 0 Å². The van der Waals surface area contributed by atoms with Gasteiger partial charge in [-0.3, -0.25) is 0 Å². The van der Waals surface area contributed by atoms with Crippen LogP contribution in [0.1, 0.15) is 32.6 Å². The highest BCUT2D eigenvalue weighted by Crippen LogP contribution is 2.20. The largest absolute Gasteiger partial charge is 0.407 e. The average Bonchev–Trinajstić information content (AvgIpc) is 2.78. The van der Waals surface area contributed by atoms with E-state index in [1.165, 1.54) is 18.6 Å². The molecule has 1 aromatic heterocycles. The molecule has 1 atom stereocenters. The van der Waals surface area contributed by atoms with E-state index in [1.807, 2.05) is 11.8 Å². The second-order valence-corrected chi connectivity index (χ2v) is 6.23. The third-order valence-corrected chi connectivity index (χ3v) is 4.00. The number of anilines is 1. The lowest BCUT2D eigenvalue weighted by molar-refractivity contribution is 0.455. The van der Waals surface area contributed by atoms with Gasteiger partial charge in [0.25, 0.3) is 0 Å². The highest BCUT2D eigenvalue weighted by molar-refractivity contribution is 7.99. The Morgan fingerprint density at radius 3 is 3.06 bits per heavy atom. The van der Waals surface area contributed by atoms with Gasteiger partial charge in [0.15, 0.2) is 0 Å². The van der Waals surface area contributed by atoms with Gasteiger partial charge in [-0.2, -0.15) is 11.8 Å². The van der Waals surface area contributed by atoms with E-state index in [2.05, 4.69) is 34.7 Å². The fraction of sp³-hybridized carbons (Fsp3) is 0.833. The highest BCUT2D eigenvalue weighted by atomic mass is 32.2. The monoisotopic (exact) mass is 270 g/mol. The standard InChI is InChI=1S/C12H22N4OS/c1-9(2)6-13-7-11-15-16-12(17-11)14-10-4-3-5-18-8-10/h9-10,13H,3-8H2,1-2H3,(H,14,16). The number of nitrogens with one attached hydrogen (secondary N) is 2. The maximum Gasteiger partial charge on any atom is 0.315 e. The summed E-state index contributed by atoms with van der Waals surface area (Å²) in [5, 5.41) is 14.7. The molecule has 102 valence electrons. The molecule has 6 heteroatoms. The van der Waals surface area contributed by atoms with Gasteiger partial charge in [-0.25, -0.2) is 0 Å². The molecule has 2 heterocycles. The molecule has 18 heavy (non-hydrogen) atoms. The maximum atomic E-state index is 5.56. The molecule has 1 fully saturated rings. The van der Waals surface area contributed by atoms with Crippen molar-refractivity contribution in [1.29, 1.82) is 0 Å². The van der Waals surface area contributed by atoms with Crippen LogP contribution in [-0.2, 0) is 6.54 Å². The molecular formula is C12H22N4OS. The van der Waals surface area contributed by atoms with Crippen molar-refractivity contribution in [2.24, 2.45) is 5.92 Å². The molecule has 2 rings (SSSR count). The third kappa shape index (κ3) is 4.49. The first-order valence-electron chi connectivity index (χ1n) is 6.61. The topological polar surface area (TPSA) is 63.0 Å². The Bertz CT molecular complexity index is 350. The maximum absolute atomic E-state index is 5.56. The SMILES string of the molecule is CC(C)CNCc1nnc(NC2CCCSC2)o1. The van der Waals surface area contributed by atoms with Gasteiger partial charge in [-0.15, -0.1) is 5.10 Å². The highest BCUT2D eigenvalue weighted by Gasteiger charge is 2.16. The van der Waals surface area contributed by atoms with Gasteiger partial charge in [0.05, 0.1) is 6.54 Å². The second kappa shape index (κ2) is 6.99. The molecule has 1 unspecified atom stereocenters. The minimum Gasteiger partial charge on any atom is -0.407 e. The Labute approximate surface area is 112 Å². The number of hydrogen-bond acceptors (Lipinski definition) is 6. The van der Waals surface area contributed by atoms with E-state index in [-0.39, 0.29) is 0 Å². The lowest BCUT2D eigenvalue weighted by atomic mass is 10.2. The zero-order valence-corrected chi connectivity index (χ0v) is 11.9. The summed E-state index contributed by atoms with van der Waals surface area (Å²) in [4.78, 5) is 0. The summed E-state index contributed by atoms with van der Waals surface area (Å²) in [6.07, 6.45) is 2.45. The van der Waals surface area contributed by atoms with Gasteiger partial charge in [0, 0.05) is 11.8 Å². The van der Waals surface area contributed by atoms with Crippen LogP contribution >= 0.6 is 11.8 Å². The Morgan fingerprint density at radius 2 is 2.33 bits per heavy atom. The first-order valence-corrected chi connectivity index (χ1v) is 7.77. The molecule has 0 saturated carbocycles. The molecule has 2 N–H and O–H groups in total. The summed E-state index contributed by atoms with van der Waals surface area (Å²) in [6, 6.07) is 1.03. The quantitative estimate of drug-likeness (QED) is 0.825. The lowest BCUT2D eigenvalue weighted by Gasteiger charge is -2.20. The van der Waals surface area contributed by atoms with Crippen molar-refractivity contribution in [3.8, 4) is 0 Å². The van der Waals surface area contributed by atoms with E-state index >= 15 is 0 Å². The van der Waals surface area contributed by atoms with Crippen molar-refractivity contribution in [3.63, 3.8) is 0 Å². The van der Waals surface area contributed by atoms with Crippen LogP contribution in [0.3, 0.4) is 0 Å². The first-order chi connectivity index (χ1) is 8.74. The van der Waals surface area contributed by atoms with Crippen molar-refractivity contribution in [3.05, 3.63) is 5.89 Å². The van der Waals surface area contributed by atoms with Crippen molar-refractivity contribution >= 4 is 17.8 Å². The Hall–Kier alpha value is -0.750. The Balaban J connectivity index is 1.74. The molecule has 0 radical (unpaired) electrons. The molecule has 1 aromatic rings. The van der Waals surface area contributed by atoms with Gasteiger partial charge >= 0.3 is 6.01 Å². The Kier molecular flexibility index (Phi) is 5.31. The van der Waals surface area contributed by atoms with Crippen LogP contribution in [0.25, 0.3) is 0 Å². The average molecular weight is 270 g/mol. The smallest absolute Gasteiger partial charge is 0.315 e. The van der Waals surface area contributed by atoms with E-state index < -0.39 is 0 Å². The summed E-state index contributed by atoms with van der Waals surface area (Å²) in [5.74, 6) is 3.68. The van der Waals surface area contributed by atoms with Gasteiger partial charge in [-0.1, -0.05) is 18.9 Å². The second-order valence-electron chi connectivity index (χ2n) is 5.08. The lowest BCUT2D eigenvalue weighted by Crippen LogP contribution is -2.25. The minimum atomic E-state index is 0.473. The zero-order valence-electron chi connectivity index (χ0n) is 11.1. The molecule has 5 nitrogen and oxygen atoms in total. The number of hydrogen-bond donors (Lipinski definition) is 2. The van der Waals surface area contributed by atoms with Gasteiger partial charge < -0.3 is 15.1 Å². The van der Waals surface area contributed by atoms with Crippen LogP contribution < -0.4 is 10.6 Å². The predicted molar refractivity (Wildman–Crippen MR) is 74.8 cm³/mol. The van der Waals surface area contributed by atoms with E-state index in [1.54, 1.807) is 0 Å². The number of aromatic nitrogens is 2. The molecule has 0 amide bonds. The van der Waals surface area contributed by atoms with E-state index in [0.717, 1.165) is 12.3 Å². The summed E-state index contributed by atoms with van der Waals surface area (Å²) in [5.41, 5.74) is 0. The van der Waals surface area contributed by atoms with Gasteiger partial charge in [-0.05, 0) is 31.1 Å². The molecule has 1 aliphatic rings. The minimum absolute atomic E-state index is 0.473. The van der Waals surface area contributed by atoms with Crippen LogP contribution in [0, 0.1) is 5.92 Å². The summed E-state index contributed by atoms with van der Waals surface area (Å²) >= 11 is 1.98. The predicted octanol–water partition coefficient (Wildman–Crippen LogP) is 2.12. The molecule has 0 aromatic carbocycles. The molecule has 0 spiro atoms. The van der Waals surface area contributed by atoms with Crippen molar-refractivity contribution in [2.75, 3.05) is 23.4 Å². The van der Waals surface area contributed by atoms with E-state index in [4.69, 9.17) is 4.42 Å². The molecular weight excluding hydrogens is 248 g/mol. The molecule has 1 saturated heterocycles. The van der Waals surface area contributed by atoms with E-state index in [0.29, 0.717) is 30.4 Å². The summed E-state index contributed by atoms with van der Waals surface area (Å²) < 4.78 is 5.56. The number of nitrogens with zero attached hydrogens (tertiary/aromatic N) is 2. The summed E-state index contributed by atoms with van der Waals surface area (Å²) in [6.45, 7) is 5.96. The fourth-order valence-electron chi connectivity index (χ4n) is 1.88. The molecule has 0 bridgehead atoms. The fourth-order valence-corrected chi connectivity index (χ4v) is 2.95. The molecule has 1 aliphatic heterocycles. The number of thioether (sulfide) groups is 1. The van der Waals surface area contributed by atoms with Crippen LogP contribution in [0.4, 0.5) is 6.01 Å². The van der Waals surface area contributed by atoms with Crippen LogP contribution in [0.15, 0.2) is 4.42 Å². The van der Waals surface area contributed by atoms with Crippen LogP contribution in [-0.4, -0.2) is 34.3 Å². The van der Waals surface area contributed by atoms with Crippen molar-refractivity contribution in [1.82, 2.24) is 15.5 Å². The third-order valence-electron chi connectivity index (χ3n) is 2.78. The first kappa shape index (κ1) is 13.7. The summed E-state index contributed by atoms with van der Waals surface area (Å²) in [7, 11) is 0. The van der Waals surface area contributed by atoms with E-state index in [9.17, 15) is 0 Å². The van der Waals surface area contributed by atoms with Crippen molar-refractivity contribution in [2.45, 2.75) is 39.3 Å². The van der Waals surface area contributed by atoms with Gasteiger partial charge in [0.1, 0.15) is 0 Å².